The zero-order chi connectivity index (χ0) is 19.8. The van der Waals surface area contributed by atoms with E-state index in [0.29, 0.717) is 48.2 Å². The van der Waals surface area contributed by atoms with E-state index in [-0.39, 0.29) is 11.8 Å². The van der Waals surface area contributed by atoms with Crippen LogP contribution in [0.3, 0.4) is 0 Å². The Morgan fingerprint density at radius 2 is 1.63 bits per heavy atom. The second-order valence-electron chi connectivity index (χ2n) is 6.71. The zero-order valence-electron chi connectivity index (χ0n) is 16.5. The van der Waals surface area contributed by atoms with Gasteiger partial charge in [0.1, 0.15) is 5.75 Å². The van der Waals surface area contributed by atoms with E-state index in [0.717, 1.165) is 0 Å². The van der Waals surface area contributed by atoms with Crippen molar-refractivity contribution >= 4 is 17.5 Å². The molecule has 2 aromatic rings. The van der Waals surface area contributed by atoms with E-state index >= 15 is 0 Å². The molecule has 5 heteroatoms. The second-order valence-corrected chi connectivity index (χ2v) is 6.71. The summed E-state index contributed by atoms with van der Waals surface area (Å²) < 4.78 is 5.75. The number of nitrogens with one attached hydrogen (secondary N) is 1. The molecule has 27 heavy (non-hydrogen) atoms. The molecule has 0 unspecified atom stereocenters. The smallest absolute Gasteiger partial charge is 0.259 e. The molecule has 0 aliphatic heterocycles. The van der Waals surface area contributed by atoms with Crippen molar-refractivity contribution in [1.82, 2.24) is 4.90 Å². The van der Waals surface area contributed by atoms with Gasteiger partial charge < -0.3 is 15.0 Å². The summed E-state index contributed by atoms with van der Waals surface area (Å²) in [6.07, 6.45) is 0. The number of anilines is 1. The lowest BCUT2D eigenvalue weighted by Crippen LogP contribution is -2.30. The van der Waals surface area contributed by atoms with Crippen LogP contribution < -0.4 is 10.1 Å². The molecule has 0 heterocycles. The molecule has 0 aliphatic carbocycles. The molecule has 0 aliphatic rings. The number of rotatable bonds is 8. The highest BCUT2D eigenvalue weighted by atomic mass is 16.5. The van der Waals surface area contributed by atoms with Gasteiger partial charge >= 0.3 is 0 Å². The molecule has 144 valence electrons. The number of para-hydroxylation sites is 1. The monoisotopic (exact) mass is 368 g/mol. The van der Waals surface area contributed by atoms with Crippen molar-refractivity contribution in [3.05, 3.63) is 59.7 Å². The van der Waals surface area contributed by atoms with Gasteiger partial charge in [0.15, 0.2) is 0 Å². The van der Waals surface area contributed by atoms with Gasteiger partial charge in [-0.2, -0.15) is 0 Å². The van der Waals surface area contributed by atoms with Crippen molar-refractivity contribution in [2.24, 2.45) is 5.92 Å². The molecular formula is C22H28N2O3. The van der Waals surface area contributed by atoms with Gasteiger partial charge in [0, 0.05) is 24.3 Å². The summed E-state index contributed by atoms with van der Waals surface area (Å²) in [4.78, 5) is 26.7. The number of hydrogen-bond donors (Lipinski definition) is 1. The Kier molecular flexibility index (Phi) is 7.41. The molecule has 0 spiro atoms. The predicted octanol–water partition coefficient (Wildman–Crippen LogP) is 4.46. The minimum Gasteiger partial charge on any atom is -0.492 e. The Morgan fingerprint density at radius 3 is 2.22 bits per heavy atom. The van der Waals surface area contributed by atoms with E-state index in [4.69, 9.17) is 4.74 Å². The van der Waals surface area contributed by atoms with Gasteiger partial charge in [-0.3, -0.25) is 9.59 Å². The Bertz CT molecular complexity index is 765. The minimum atomic E-state index is -0.239. The van der Waals surface area contributed by atoms with E-state index in [1.807, 2.05) is 26.0 Å². The maximum Gasteiger partial charge on any atom is 0.259 e. The molecule has 0 saturated heterocycles. The van der Waals surface area contributed by atoms with Gasteiger partial charge in [0.05, 0.1) is 12.2 Å². The lowest BCUT2D eigenvalue weighted by atomic mass is 10.1. The van der Waals surface area contributed by atoms with E-state index in [1.165, 1.54) is 0 Å². The third-order valence-corrected chi connectivity index (χ3v) is 4.14. The first-order valence-corrected chi connectivity index (χ1v) is 9.38. The van der Waals surface area contributed by atoms with Crippen molar-refractivity contribution in [2.45, 2.75) is 27.7 Å². The largest absolute Gasteiger partial charge is 0.492 e. The fourth-order valence-corrected chi connectivity index (χ4v) is 2.62. The first-order valence-electron chi connectivity index (χ1n) is 9.38. The molecule has 0 saturated carbocycles. The number of amides is 2. The quantitative estimate of drug-likeness (QED) is 0.748. The summed E-state index contributed by atoms with van der Waals surface area (Å²) in [5.74, 6) is 0.691. The number of nitrogens with zero attached hydrogens (tertiary/aromatic N) is 1. The van der Waals surface area contributed by atoms with Crippen LogP contribution in [0.2, 0.25) is 0 Å². The summed E-state index contributed by atoms with van der Waals surface area (Å²) in [5, 5.41) is 2.87. The Balaban J connectivity index is 2.09. The van der Waals surface area contributed by atoms with Crippen LogP contribution >= 0.6 is 0 Å². The molecule has 0 atom stereocenters. The summed E-state index contributed by atoms with van der Waals surface area (Å²) >= 11 is 0. The zero-order valence-corrected chi connectivity index (χ0v) is 16.5. The molecular weight excluding hydrogens is 340 g/mol. The van der Waals surface area contributed by atoms with Gasteiger partial charge in [0.2, 0.25) is 0 Å². The summed E-state index contributed by atoms with van der Waals surface area (Å²) in [5.41, 5.74) is 1.73. The summed E-state index contributed by atoms with van der Waals surface area (Å²) in [6.45, 7) is 9.91. The lowest BCUT2D eigenvalue weighted by molar-refractivity contribution is 0.0773. The van der Waals surface area contributed by atoms with Crippen LogP contribution in [-0.4, -0.2) is 36.4 Å². The standard InChI is InChI=1S/C22H28N2O3/c1-5-24(6-2)22(26)17-11-13-18(14-12-17)23-21(25)19-9-7-8-10-20(19)27-15-16(3)4/h7-14,16H,5-6,15H2,1-4H3,(H,23,25). The van der Waals surface area contributed by atoms with E-state index in [2.05, 4.69) is 19.2 Å². The molecule has 2 amide bonds. The topological polar surface area (TPSA) is 58.6 Å². The van der Waals surface area contributed by atoms with Gasteiger partial charge in [-0.15, -0.1) is 0 Å². The molecule has 5 nitrogen and oxygen atoms in total. The molecule has 0 aromatic heterocycles. The molecule has 2 rings (SSSR count). The van der Waals surface area contributed by atoms with Crippen molar-refractivity contribution < 1.29 is 14.3 Å². The third kappa shape index (κ3) is 5.58. The summed E-state index contributed by atoms with van der Waals surface area (Å²) in [6, 6.07) is 14.1. The number of carbonyl (C=O) groups is 2. The highest BCUT2D eigenvalue weighted by molar-refractivity contribution is 6.06. The highest BCUT2D eigenvalue weighted by Crippen LogP contribution is 2.21. The van der Waals surface area contributed by atoms with Crippen LogP contribution in [-0.2, 0) is 0 Å². The predicted molar refractivity (Wildman–Crippen MR) is 108 cm³/mol. The molecule has 2 aromatic carbocycles. The van der Waals surface area contributed by atoms with E-state index in [1.54, 1.807) is 41.3 Å². The van der Waals surface area contributed by atoms with Crippen molar-refractivity contribution in [3.63, 3.8) is 0 Å². The number of ether oxygens (including phenoxy) is 1. The van der Waals surface area contributed by atoms with Gasteiger partial charge in [-0.25, -0.2) is 0 Å². The number of carbonyl (C=O) groups excluding carboxylic acids is 2. The van der Waals surface area contributed by atoms with Crippen LogP contribution in [0.4, 0.5) is 5.69 Å². The molecule has 0 radical (unpaired) electrons. The minimum absolute atomic E-state index is 0.00897. The Hall–Kier alpha value is -2.82. The average Bonchev–Trinajstić information content (AvgIpc) is 2.68. The SMILES string of the molecule is CCN(CC)C(=O)c1ccc(NC(=O)c2ccccc2OCC(C)C)cc1. The fraction of sp³-hybridized carbons (Fsp3) is 0.364. The van der Waals surface area contributed by atoms with Crippen molar-refractivity contribution in [3.8, 4) is 5.75 Å². The average molecular weight is 368 g/mol. The van der Waals surface area contributed by atoms with E-state index in [9.17, 15) is 9.59 Å². The Morgan fingerprint density at radius 1 is 1.00 bits per heavy atom. The van der Waals surface area contributed by atoms with Gasteiger partial charge in [-0.1, -0.05) is 26.0 Å². The van der Waals surface area contributed by atoms with Gasteiger partial charge in [0.25, 0.3) is 11.8 Å². The Labute approximate surface area is 161 Å². The second kappa shape index (κ2) is 9.76. The van der Waals surface area contributed by atoms with Crippen LogP contribution in [0.5, 0.6) is 5.75 Å². The first kappa shape index (κ1) is 20.5. The normalized spacial score (nSPS) is 10.6. The first-order chi connectivity index (χ1) is 13.0. The molecule has 0 fully saturated rings. The maximum atomic E-state index is 12.6. The van der Waals surface area contributed by atoms with Crippen LogP contribution in [0.25, 0.3) is 0 Å². The lowest BCUT2D eigenvalue weighted by Gasteiger charge is -2.18. The van der Waals surface area contributed by atoms with E-state index < -0.39 is 0 Å². The molecule has 0 bridgehead atoms. The summed E-state index contributed by atoms with van der Waals surface area (Å²) in [7, 11) is 0. The fourth-order valence-electron chi connectivity index (χ4n) is 2.62. The highest BCUT2D eigenvalue weighted by Gasteiger charge is 2.15. The maximum absolute atomic E-state index is 12.6. The third-order valence-electron chi connectivity index (χ3n) is 4.14. The van der Waals surface area contributed by atoms with Gasteiger partial charge in [-0.05, 0) is 56.2 Å². The van der Waals surface area contributed by atoms with Crippen molar-refractivity contribution in [2.75, 3.05) is 25.0 Å². The van der Waals surface area contributed by atoms with Crippen molar-refractivity contribution in [1.29, 1.82) is 0 Å². The number of hydrogen-bond acceptors (Lipinski definition) is 3. The van der Waals surface area contributed by atoms with Crippen LogP contribution in [0.1, 0.15) is 48.4 Å². The molecule has 1 N–H and O–H groups in total. The number of benzene rings is 2. The van der Waals surface area contributed by atoms with Crippen LogP contribution in [0, 0.1) is 5.92 Å². The van der Waals surface area contributed by atoms with Crippen LogP contribution in [0.15, 0.2) is 48.5 Å².